The summed E-state index contributed by atoms with van der Waals surface area (Å²) in [6.45, 7) is 3.39. The molecule has 0 aliphatic rings. The summed E-state index contributed by atoms with van der Waals surface area (Å²) in [5, 5.41) is 9.12. The molecule has 0 spiro atoms. The van der Waals surface area contributed by atoms with Crippen molar-refractivity contribution in [3.05, 3.63) is 24.0 Å². The molecule has 0 amide bonds. The van der Waals surface area contributed by atoms with E-state index in [0.717, 1.165) is 18.2 Å². The predicted octanol–water partition coefficient (Wildman–Crippen LogP) is 1.61. The van der Waals surface area contributed by atoms with E-state index in [1.165, 1.54) is 7.11 Å². The Bertz CT molecular complexity index is 617. The van der Waals surface area contributed by atoms with E-state index in [-0.39, 0.29) is 16.6 Å². The van der Waals surface area contributed by atoms with Gasteiger partial charge in [0.2, 0.25) is 10.0 Å². The predicted molar refractivity (Wildman–Crippen MR) is 74.2 cm³/mol. The van der Waals surface area contributed by atoms with Gasteiger partial charge in [-0.25, -0.2) is 12.8 Å². The van der Waals surface area contributed by atoms with E-state index in [9.17, 15) is 17.6 Å². The first kappa shape index (κ1) is 17.4. The molecule has 2 N–H and O–H groups in total. The van der Waals surface area contributed by atoms with Gasteiger partial charge in [-0.15, -0.1) is 0 Å². The molecule has 6 nitrogen and oxygen atoms in total. The van der Waals surface area contributed by atoms with Gasteiger partial charge >= 0.3 is 5.97 Å². The van der Waals surface area contributed by atoms with Crippen LogP contribution in [0.5, 0.6) is 5.75 Å². The lowest BCUT2D eigenvalue weighted by Gasteiger charge is -2.20. The Balaban J connectivity index is 3.13. The molecule has 8 heteroatoms. The van der Waals surface area contributed by atoms with Gasteiger partial charge in [0.05, 0.1) is 12.0 Å². The van der Waals surface area contributed by atoms with Crippen LogP contribution >= 0.6 is 0 Å². The molecular formula is C13H18FNO5S. The van der Waals surface area contributed by atoms with E-state index in [4.69, 9.17) is 9.84 Å². The average molecular weight is 319 g/mol. The zero-order valence-corrected chi connectivity index (χ0v) is 12.8. The first-order chi connectivity index (χ1) is 9.72. The summed E-state index contributed by atoms with van der Waals surface area (Å²) >= 11 is 0. The fraction of sp³-hybridized carbons (Fsp3) is 0.462. The monoisotopic (exact) mass is 319 g/mol. The lowest BCUT2D eigenvalue weighted by atomic mass is 10.0. The Morgan fingerprint density at radius 3 is 2.57 bits per heavy atom. The minimum absolute atomic E-state index is 0.228. The van der Waals surface area contributed by atoms with Crippen LogP contribution in [0.1, 0.15) is 20.3 Å². The number of methoxy groups -OCH3 is 1. The van der Waals surface area contributed by atoms with E-state index in [1.807, 2.05) is 0 Å². The van der Waals surface area contributed by atoms with Crippen molar-refractivity contribution in [2.24, 2.45) is 5.92 Å². The van der Waals surface area contributed by atoms with Gasteiger partial charge < -0.3 is 9.84 Å². The molecule has 0 aliphatic carbocycles. The molecule has 21 heavy (non-hydrogen) atoms. The number of ether oxygens (including phenoxy) is 1. The molecule has 0 heterocycles. The fourth-order valence-electron chi connectivity index (χ4n) is 1.69. The van der Waals surface area contributed by atoms with Crippen LogP contribution in [0.4, 0.5) is 4.39 Å². The molecule has 0 fully saturated rings. The van der Waals surface area contributed by atoms with Crippen LogP contribution in [0.3, 0.4) is 0 Å². The molecule has 118 valence electrons. The maximum Gasteiger partial charge on any atom is 0.322 e. The van der Waals surface area contributed by atoms with Crippen molar-refractivity contribution in [2.75, 3.05) is 7.11 Å². The van der Waals surface area contributed by atoms with Crippen LogP contribution in [0, 0.1) is 11.7 Å². The standard InChI is InChI=1S/C13H18FNO5S/c1-4-8(2)12(13(16)17)15-21(18,19)9-5-6-10(14)11(7-9)20-3/h5-8,12,15H,4H2,1-3H3,(H,16,17)/t8-,12-/m0/s1. The number of benzene rings is 1. The number of hydrogen-bond donors (Lipinski definition) is 2. The van der Waals surface area contributed by atoms with Crippen LogP contribution in [0.2, 0.25) is 0 Å². The van der Waals surface area contributed by atoms with E-state index < -0.39 is 27.9 Å². The van der Waals surface area contributed by atoms with Gasteiger partial charge in [0.1, 0.15) is 6.04 Å². The third-order valence-electron chi connectivity index (χ3n) is 3.19. The number of hydrogen-bond acceptors (Lipinski definition) is 4. The van der Waals surface area contributed by atoms with Gasteiger partial charge in [-0.2, -0.15) is 4.72 Å². The van der Waals surface area contributed by atoms with Crippen molar-refractivity contribution >= 4 is 16.0 Å². The fourth-order valence-corrected chi connectivity index (χ4v) is 3.00. The molecule has 2 atom stereocenters. The van der Waals surface area contributed by atoms with Crippen LogP contribution < -0.4 is 9.46 Å². The number of aliphatic carboxylic acids is 1. The Kier molecular flexibility index (Phi) is 5.68. The molecule has 0 bridgehead atoms. The normalized spacial score (nSPS) is 14.5. The van der Waals surface area contributed by atoms with E-state index >= 15 is 0 Å². The summed E-state index contributed by atoms with van der Waals surface area (Å²) < 4.78 is 44.5. The second-order valence-corrected chi connectivity index (χ2v) is 6.33. The summed E-state index contributed by atoms with van der Waals surface area (Å²) in [4.78, 5) is 10.9. The summed E-state index contributed by atoms with van der Waals surface area (Å²) in [6, 6.07) is 1.76. The zero-order valence-electron chi connectivity index (χ0n) is 12.0. The van der Waals surface area contributed by atoms with Crippen molar-refractivity contribution < 1.29 is 27.4 Å². The smallest absolute Gasteiger partial charge is 0.322 e. The van der Waals surface area contributed by atoms with Gasteiger partial charge in [0.25, 0.3) is 0 Å². The largest absolute Gasteiger partial charge is 0.494 e. The van der Waals surface area contributed by atoms with Gasteiger partial charge in [-0.1, -0.05) is 20.3 Å². The van der Waals surface area contributed by atoms with Crippen molar-refractivity contribution in [1.82, 2.24) is 4.72 Å². The Hall–Kier alpha value is -1.67. The lowest BCUT2D eigenvalue weighted by Crippen LogP contribution is -2.44. The lowest BCUT2D eigenvalue weighted by molar-refractivity contribution is -0.140. The summed E-state index contributed by atoms with van der Waals surface area (Å²) in [7, 11) is -2.88. The van der Waals surface area contributed by atoms with Gasteiger partial charge in [-0.05, 0) is 18.1 Å². The number of carboxylic acids is 1. The van der Waals surface area contributed by atoms with Crippen LogP contribution in [-0.4, -0.2) is 32.6 Å². The third-order valence-corrected chi connectivity index (χ3v) is 4.63. The topological polar surface area (TPSA) is 92.7 Å². The highest BCUT2D eigenvalue weighted by atomic mass is 32.2. The van der Waals surface area contributed by atoms with E-state index in [2.05, 4.69) is 4.72 Å². The number of sulfonamides is 1. The van der Waals surface area contributed by atoms with E-state index in [0.29, 0.717) is 6.42 Å². The third kappa shape index (κ3) is 4.15. The summed E-state index contributed by atoms with van der Waals surface area (Å²) in [5.41, 5.74) is 0. The Morgan fingerprint density at radius 2 is 2.10 bits per heavy atom. The van der Waals surface area contributed by atoms with E-state index in [1.54, 1.807) is 13.8 Å². The highest BCUT2D eigenvalue weighted by Gasteiger charge is 2.29. The van der Waals surface area contributed by atoms with Crippen molar-refractivity contribution in [1.29, 1.82) is 0 Å². The van der Waals surface area contributed by atoms with Crippen molar-refractivity contribution in [2.45, 2.75) is 31.2 Å². The SMILES string of the molecule is CC[C@H](C)[C@H](NS(=O)(=O)c1ccc(F)c(OC)c1)C(=O)O. The second-order valence-electron chi connectivity index (χ2n) is 4.62. The number of carboxylic acid groups (broad SMARTS) is 1. The van der Waals surface area contributed by atoms with Crippen LogP contribution in [-0.2, 0) is 14.8 Å². The molecule has 0 aliphatic heterocycles. The van der Waals surface area contributed by atoms with Gasteiger partial charge in [0.15, 0.2) is 11.6 Å². The molecule has 1 rings (SSSR count). The number of rotatable bonds is 7. The van der Waals surface area contributed by atoms with Crippen molar-refractivity contribution in [3.8, 4) is 5.75 Å². The number of nitrogens with one attached hydrogen (secondary N) is 1. The molecule has 1 aromatic rings. The first-order valence-corrected chi connectivity index (χ1v) is 7.80. The van der Waals surface area contributed by atoms with Crippen molar-refractivity contribution in [3.63, 3.8) is 0 Å². The minimum Gasteiger partial charge on any atom is -0.494 e. The molecule has 0 saturated carbocycles. The highest BCUT2D eigenvalue weighted by molar-refractivity contribution is 7.89. The molecule has 0 unspecified atom stereocenters. The van der Waals surface area contributed by atoms with Gasteiger partial charge in [-0.3, -0.25) is 4.79 Å². The number of carbonyl (C=O) groups is 1. The Labute approximate surface area is 123 Å². The first-order valence-electron chi connectivity index (χ1n) is 6.31. The molecule has 1 aromatic carbocycles. The molecule has 0 aromatic heterocycles. The number of halogens is 1. The second kappa shape index (κ2) is 6.86. The maximum atomic E-state index is 13.3. The Morgan fingerprint density at radius 1 is 1.48 bits per heavy atom. The summed E-state index contributed by atoms with van der Waals surface area (Å²) in [5.74, 6) is -2.58. The van der Waals surface area contributed by atoms with Crippen LogP contribution in [0.25, 0.3) is 0 Å². The quantitative estimate of drug-likeness (QED) is 0.796. The zero-order chi connectivity index (χ0) is 16.2. The average Bonchev–Trinajstić information content (AvgIpc) is 2.44. The minimum atomic E-state index is -4.09. The maximum absolute atomic E-state index is 13.3. The highest BCUT2D eigenvalue weighted by Crippen LogP contribution is 2.22. The molecular weight excluding hydrogens is 301 g/mol. The molecule has 0 saturated heterocycles. The summed E-state index contributed by atoms with van der Waals surface area (Å²) in [6.07, 6.45) is 0.492. The van der Waals surface area contributed by atoms with Gasteiger partial charge in [0, 0.05) is 6.07 Å². The molecule has 0 radical (unpaired) electrons. The van der Waals surface area contributed by atoms with Crippen LogP contribution in [0.15, 0.2) is 23.1 Å².